The van der Waals surface area contributed by atoms with Crippen molar-refractivity contribution in [2.45, 2.75) is 77.6 Å². The Morgan fingerprint density at radius 1 is 0.950 bits per heavy atom. The van der Waals surface area contributed by atoms with Crippen LogP contribution in [0, 0.1) is 17.3 Å². The zero-order chi connectivity index (χ0) is 14.0. The molecule has 0 amide bonds. The molecule has 0 radical (unpaired) electrons. The highest BCUT2D eigenvalue weighted by atomic mass is 16.3. The monoisotopic (exact) mass is 274 g/mol. The van der Waals surface area contributed by atoms with Gasteiger partial charge in [-0.25, -0.2) is 0 Å². The van der Waals surface area contributed by atoms with Gasteiger partial charge < -0.3 is 5.11 Å². The molecular weight excluding hydrogens is 244 g/mol. The van der Waals surface area contributed by atoms with E-state index in [1.807, 2.05) is 0 Å². The molecule has 0 aromatic heterocycles. The number of aliphatic hydroxyl groups excluding tert-OH is 1. The smallest absolute Gasteiger partial charge is 0.102 e. The van der Waals surface area contributed by atoms with E-state index in [9.17, 15) is 5.11 Å². The van der Waals surface area contributed by atoms with E-state index in [0.717, 1.165) is 12.2 Å². The van der Waals surface area contributed by atoms with Crippen LogP contribution in [-0.4, -0.2) is 5.11 Å². The SMILES string of the molecule is CC1(C2CCCCC2)CC=CC(C2CCCCC2)=C1O. The first kappa shape index (κ1) is 14.2. The normalized spacial score (nSPS) is 33.6. The van der Waals surface area contributed by atoms with Gasteiger partial charge in [0.15, 0.2) is 0 Å². The quantitative estimate of drug-likeness (QED) is 0.662. The van der Waals surface area contributed by atoms with Crippen molar-refractivity contribution in [3.8, 4) is 0 Å². The van der Waals surface area contributed by atoms with Crippen molar-refractivity contribution in [2.24, 2.45) is 17.3 Å². The molecule has 3 aliphatic carbocycles. The molecule has 2 saturated carbocycles. The fourth-order valence-electron chi connectivity index (χ4n) is 4.78. The van der Waals surface area contributed by atoms with Crippen molar-refractivity contribution in [3.63, 3.8) is 0 Å². The number of hydrogen-bond acceptors (Lipinski definition) is 1. The lowest BCUT2D eigenvalue weighted by atomic mass is 9.63. The molecular formula is C19H30O. The maximum atomic E-state index is 11.0. The van der Waals surface area contributed by atoms with Crippen LogP contribution in [0.5, 0.6) is 0 Å². The lowest BCUT2D eigenvalue weighted by Gasteiger charge is -2.42. The van der Waals surface area contributed by atoms with E-state index in [1.165, 1.54) is 69.8 Å². The Morgan fingerprint density at radius 2 is 1.55 bits per heavy atom. The van der Waals surface area contributed by atoms with Gasteiger partial charge >= 0.3 is 0 Å². The third kappa shape index (κ3) is 2.56. The lowest BCUT2D eigenvalue weighted by molar-refractivity contribution is 0.113. The average molecular weight is 274 g/mol. The lowest BCUT2D eigenvalue weighted by Crippen LogP contribution is -2.34. The standard InChI is InChI=1S/C19H30O/c1-19(16-11-6-3-7-12-16)14-8-13-17(18(19)20)15-9-4-2-5-10-15/h8,13,15-16,20H,2-7,9-12,14H2,1H3. The molecule has 1 unspecified atom stereocenters. The van der Waals surface area contributed by atoms with E-state index < -0.39 is 0 Å². The zero-order valence-electron chi connectivity index (χ0n) is 13.0. The molecule has 2 fully saturated rings. The van der Waals surface area contributed by atoms with Gasteiger partial charge in [-0.3, -0.25) is 0 Å². The van der Waals surface area contributed by atoms with Crippen molar-refractivity contribution in [2.75, 3.05) is 0 Å². The summed E-state index contributed by atoms with van der Waals surface area (Å²) in [7, 11) is 0. The minimum absolute atomic E-state index is 0.0297. The number of allylic oxidation sites excluding steroid dienone is 4. The van der Waals surface area contributed by atoms with E-state index in [0.29, 0.717) is 11.8 Å². The van der Waals surface area contributed by atoms with E-state index in [1.54, 1.807) is 0 Å². The Hall–Kier alpha value is -0.720. The van der Waals surface area contributed by atoms with E-state index in [-0.39, 0.29) is 5.41 Å². The third-order valence-electron chi connectivity index (χ3n) is 6.20. The van der Waals surface area contributed by atoms with Gasteiger partial charge in [-0.2, -0.15) is 0 Å². The Balaban J connectivity index is 1.84. The molecule has 1 nitrogen and oxygen atoms in total. The van der Waals surface area contributed by atoms with Gasteiger partial charge in [-0.15, -0.1) is 0 Å². The molecule has 0 aromatic carbocycles. The molecule has 0 saturated heterocycles. The first-order valence-electron chi connectivity index (χ1n) is 8.82. The van der Waals surface area contributed by atoms with Gasteiger partial charge in [0, 0.05) is 5.41 Å². The molecule has 0 bridgehead atoms. The summed E-state index contributed by atoms with van der Waals surface area (Å²) < 4.78 is 0. The summed E-state index contributed by atoms with van der Waals surface area (Å²) in [5.74, 6) is 2.09. The van der Waals surface area contributed by atoms with Crippen LogP contribution in [0.1, 0.15) is 77.6 Å². The van der Waals surface area contributed by atoms with Crippen LogP contribution < -0.4 is 0 Å². The van der Waals surface area contributed by atoms with E-state index >= 15 is 0 Å². The summed E-state index contributed by atoms with van der Waals surface area (Å²) >= 11 is 0. The molecule has 112 valence electrons. The zero-order valence-corrected chi connectivity index (χ0v) is 13.0. The fourth-order valence-corrected chi connectivity index (χ4v) is 4.78. The van der Waals surface area contributed by atoms with Crippen LogP contribution in [0.3, 0.4) is 0 Å². The van der Waals surface area contributed by atoms with E-state index in [2.05, 4.69) is 19.1 Å². The first-order chi connectivity index (χ1) is 9.72. The van der Waals surface area contributed by atoms with Crippen molar-refractivity contribution < 1.29 is 5.11 Å². The molecule has 0 heterocycles. The Labute approximate surface area is 124 Å². The second-order valence-corrected chi connectivity index (χ2v) is 7.50. The highest BCUT2D eigenvalue weighted by molar-refractivity contribution is 5.33. The Morgan fingerprint density at radius 3 is 2.20 bits per heavy atom. The largest absolute Gasteiger partial charge is 0.511 e. The third-order valence-corrected chi connectivity index (χ3v) is 6.20. The Bertz CT molecular complexity index is 394. The highest BCUT2D eigenvalue weighted by Crippen LogP contribution is 2.50. The molecule has 3 rings (SSSR count). The van der Waals surface area contributed by atoms with Gasteiger partial charge in [-0.05, 0) is 49.5 Å². The van der Waals surface area contributed by atoms with Gasteiger partial charge in [-0.1, -0.05) is 57.6 Å². The summed E-state index contributed by atoms with van der Waals surface area (Å²) in [6.07, 6.45) is 19.0. The number of hydrogen-bond donors (Lipinski definition) is 1. The maximum absolute atomic E-state index is 11.0. The summed E-state index contributed by atoms with van der Waals surface area (Å²) in [5.41, 5.74) is 1.33. The predicted molar refractivity (Wildman–Crippen MR) is 84.7 cm³/mol. The fraction of sp³-hybridized carbons (Fsp3) is 0.789. The Kier molecular flexibility index (Phi) is 4.23. The topological polar surface area (TPSA) is 20.2 Å². The van der Waals surface area contributed by atoms with Crippen LogP contribution in [-0.2, 0) is 0 Å². The number of rotatable bonds is 2. The molecule has 0 spiro atoms. The van der Waals surface area contributed by atoms with E-state index in [4.69, 9.17) is 0 Å². The van der Waals surface area contributed by atoms with Gasteiger partial charge in [0.25, 0.3) is 0 Å². The second kappa shape index (κ2) is 5.95. The molecule has 0 aromatic rings. The molecule has 3 aliphatic rings. The number of aliphatic hydroxyl groups is 1. The van der Waals surface area contributed by atoms with Crippen LogP contribution in [0.25, 0.3) is 0 Å². The van der Waals surface area contributed by atoms with Gasteiger partial charge in [0.2, 0.25) is 0 Å². The van der Waals surface area contributed by atoms with Crippen LogP contribution in [0.2, 0.25) is 0 Å². The highest BCUT2D eigenvalue weighted by Gasteiger charge is 2.41. The second-order valence-electron chi connectivity index (χ2n) is 7.50. The summed E-state index contributed by atoms with van der Waals surface area (Å²) in [5, 5.41) is 11.0. The first-order valence-corrected chi connectivity index (χ1v) is 8.82. The predicted octanol–water partition coefficient (Wildman–Crippen LogP) is 5.93. The minimum Gasteiger partial charge on any atom is -0.511 e. The van der Waals surface area contributed by atoms with Crippen LogP contribution >= 0.6 is 0 Å². The molecule has 1 atom stereocenters. The maximum Gasteiger partial charge on any atom is 0.102 e. The molecule has 20 heavy (non-hydrogen) atoms. The van der Waals surface area contributed by atoms with Crippen LogP contribution in [0.15, 0.2) is 23.5 Å². The van der Waals surface area contributed by atoms with Gasteiger partial charge in [0.05, 0.1) is 0 Å². The summed E-state index contributed by atoms with van der Waals surface area (Å²) in [6.45, 7) is 2.32. The van der Waals surface area contributed by atoms with Crippen molar-refractivity contribution in [1.82, 2.24) is 0 Å². The minimum atomic E-state index is 0.0297. The van der Waals surface area contributed by atoms with Crippen molar-refractivity contribution in [3.05, 3.63) is 23.5 Å². The molecule has 0 aliphatic heterocycles. The summed E-state index contributed by atoms with van der Waals surface area (Å²) in [6, 6.07) is 0. The van der Waals surface area contributed by atoms with Crippen molar-refractivity contribution in [1.29, 1.82) is 0 Å². The average Bonchev–Trinajstić information content (AvgIpc) is 2.52. The van der Waals surface area contributed by atoms with Gasteiger partial charge in [0.1, 0.15) is 5.76 Å². The van der Waals surface area contributed by atoms with Crippen LogP contribution in [0.4, 0.5) is 0 Å². The summed E-state index contributed by atoms with van der Waals surface area (Å²) in [4.78, 5) is 0. The molecule has 1 N–H and O–H groups in total. The van der Waals surface area contributed by atoms with Crippen molar-refractivity contribution >= 4 is 0 Å². The molecule has 1 heteroatoms.